The second kappa shape index (κ2) is 12.0. The van der Waals surface area contributed by atoms with Crippen LogP contribution in [0.3, 0.4) is 0 Å². The molecule has 1 N–H and O–H groups in total. The van der Waals surface area contributed by atoms with Crippen LogP contribution in [0.25, 0.3) is 0 Å². The van der Waals surface area contributed by atoms with Crippen molar-refractivity contribution in [3.05, 3.63) is 48.0 Å². The summed E-state index contributed by atoms with van der Waals surface area (Å²) in [6.07, 6.45) is 10.1. The van der Waals surface area contributed by atoms with E-state index in [4.69, 9.17) is 9.73 Å². The lowest BCUT2D eigenvalue weighted by atomic mass is 9.90. The Morgan fingerprint density at radius 3 is 2.75 bits per heavy atom. The van der Waals surface area contributed by atoms with Crippen molar-refractivity contribution in [2.24, 2.45) is 10.9 Å². The molecule has 1 aromatic heterocycles. The lowest BCUT2D eigenvalue weighted by molar-refractivity contribution is 0.0222. The summed E-state index contributed by atoms with van der Waals surface area (Å²) in [5, 5.41) is 11.9. The number of benzene rings is 1. The van der Waals surface area contributed by atoms with E-state index in [2.05, 4.69) is 62.2 Å². The minimum absolute atomic E-state index is 0.265. The number of aromatic nitrogens is 3. The molecule has 2 aliphatic heterocycles. The van der Waals surface area contributed by atoms with Crippen LogP contribution in [-0.4, -0.2) is 64.5 Å². The molecule has 2 aromatic rings. The summed E-state index contributed by atoms with van der Waals surface area (Å²) >= 11 is 0. The average Bonchev–Trinajstić information content (AvgIpc) is 3.31. The number of aliphatic imine (C=N–C) groups is 1. The predicted octanol–water partition coefficient (Wildman–Crippen LogP) is 3.31. The molecule has 7 heteroatoms. The van der Waals surface area contributed by atoms with Gasteiger partial charge in [-0.2, -0.15) is 0 Å². The smallest absolute Gasteiger partial charge is 0.194 e. The van der Waals surface area contributed by atoms with Gasteiger partial charge in [0.1, 0.15) is 12.2 Å². The van der Waals surface area contributed by atoms with E-state index in [0.717, 1.165) is 69.9 Å². The molecule has 3 heterocycles. The number of hydrogen-bond donors (Lipinski definition) is 1. The van der Waals surface area contributed by atoms with Gasteiger partial charge < -0.3 is 19.5 Å². The van der Waals surface area contributed by atoms with Crippen molar-refractivity contribution in [2.75, 3.05) is 32.8 Å². The molecular formula is C25H38N6O. The highest BCUT2D eigenvalue weighted by atomic mass is 16.5. The first-order chi connectivity index (χ1) is 15.8. The Hall–Kier alpha value is -2.41. The zero-order valence-corrected chi connectivity index (χ0v) is 19.5. The number of likely N-dealkylation sites (tertiary alicyclic amines) is 1. The minimum Gasteiger partial charge on any atom is -0.376 e. The maximum Gasteiger partial charge on any atom is 0.194 e. The number of aryl methyl sites for hydroxylation is 1. The highest BCUT2D eigenvalue weighted by Gasteiger charge is 2.22. The molecule has 0 saturated carbocycles. The molecule has 1 unspecified atom stereocenters. The van der Waals surface area contributed by atoms with Gasteiger partial charge in [-0.1, -0.05) is 37.3 Å². The third kappa shape index (κ3) is 6.55. The van der Waals surface area contributed by atoms with Crippen LogP contribution in [0.1, 0.15) is 50.4 Å². The van der Waals surface area contributed by atoms with Crippen LogP contribution in [0.5, 0.6) is 0 Å². The third-order valence-corrected chi connectivity index (χ3v) is 6.65. The molecule has 174 valence electrons. The van der Waals surface area contributed by atoms with Gasteiger partial charge in [0.2, 0.25) is 0 Å². The molecule has 1 aromatic carbocycles. The Morgan fingerprint density at radius 1 is 1.16 bits per heavy atom. The number of piperidine rings is 1. The largest absolute Gasteiger partial charge is 0.376 e. The first-order valence-electron chi connectivity index (χ1n) is 12.4. The van der Waals surface area contributed by atoms with Crippen LogP contribution in [0.4, 0.5) is 0 Å². The highest BCUT2D eigenvalue weighted by Crippen LogP contribution is 2.22. The molecule has 2 saturated heterocycles. The standard InChI is InChI=1S/C25H38N6O/c1-2-24-29-28-20-31(24)16-13-26-25(27-19-23-10-6-7-17-32-23)30-14-11-22(12-15-30)18-21-8-4-3-5-9-21/h3-5,8-9,20,22-23H,2,6-7,10-19H2,1H3,(H,26,27). The fourth-order valence-electron chi connectivity index (χ4n) is 4.73. The second-order valence-electron chi connectivity index (χ2n) is 8.99. The van der Waals surface area contributed by atoms with Crippen molar-refractivity contribution in [3.8, 4) is 0 Å². The van der Waals surface area contributed by atoms with E-state index >= 15 is 0 Å². The maximum absolute atomic E-state index is 5.92. The van der Waals surface area contributed by atoms with E-state index in [-0.39, 0.29) is 6.10 Å². The van der Waals surface area contributed by atoms with E-state index in [1.807, 2.05) is 6.33 Å². The molecule has 2 aliphatic rings. The Morgan fingerprint density at radius 2 is 2.00 bits per heavy atom. The molecule has 2 fully saturated rings. The summed E-state index contributed by atoms with van der Waals surface area (Å²) in [6, 6.07) is 10.9. The fourth-order valence-corrected chi connectivity index (χ4v) is 4.73. The third-order valence-electron chi connectivity index (χ3n) is 6.65. The van der Waals surface area contributed by atoms with Gasteiger partial charge in [-0.25, -0.2) is 0 Å². The number of guanidine groups is 1. The lowest BCUT2D eigenvalue weighted by Gasteiger charge is -2.35. The molecule has 4 rings (SSSR count). The zero-order valence-electron chi connectivity index (χ0n) is 19.5. The molecule has 1 atom stereocenters. The Kier molecular flexibility index (Phi) is 8.54. The molecule has 0 spiro atoms. The fraction of sp³-hybridized carbons (Fsp3) is 0.640. The van der Waals surface area contributed by atoms with Crippen molar-refractivity contribution >= 4 is 5.96 Å². The first-order valence-corrected chi connectivity index (χ1v) is 12.4. The molecule has 0 radical (unpaired) electrons. The number of rotatable bonds is 8. The molecule has 32 heavy (non-hydrogen) atoms. The summed E-state index contributed by atoms with van der Waals surface area (Å²) in [5.74, 6) is 2.81. The van der Waals surface area contributed by atoms with Crippen LogP contribution in [0, 0.1) is 5.92 Å². The molecule has 7 nitrogen and oxygen atoms in total. The minimum atomic E-state index is 0.265. The van der Waals surface area contributed by atoms with Gasteiger partial charge in [-0.3, -0.25) is 4.99 Å². The van der Waals surface area contributed by atoms with Gasteiger partial charge >= 0.3 is 0 Å². The predicted molar refractivity (Wildman–Crippen MR) is 128 cm³/mol. The van der Waals surface area contributed by atoms with Crippen molar-refractivity contribution < 1.29 is 4.74 Å². The van der Waals surface area contributed by atoms with Crippen LogP contribution in [0.15, 0.2) is 41.7 Å². The van der Waals surface area contributed by atoms with Crippen LogP contribution < -0.4 is 5.32 Å². The summed E-state index contributed by atoms with van der Waals surface area (Å²) in [6.45, 7) is 7.52. The Balaban J connectivity index is 1.32. The van der Waals surface area contributed by atoms with Crippen molar-refractivity contribution in [3.63, 3.8) is 0 Å². The lowest BCUT2D eigenvalue weighted by Crippen LogP contribution is -2.47. The topological polar surface area (TPSA) is 67.6 Å². The van der Waals surface area contributed by atoms with E-state index in [0.29, 0.717) is 0 Å². The number of ether oxygens (including phenoxy) is 1. The summed E-state index contributed by atoms with van der Waals surface area (Å²) in [7, 11) is 0. The molecule has 0 aliphatic carbocycles. The Labute approximate surface area is 192 Å². The van der Waals surface area contributed by atoms with E-state index in [1.54, 1.807) is 0 Å². The van der Waals surface area contributed by atoms with Crippen LogP contribution >= 0.6 is 0 Å². The van der Waals surface area contributed by atoms with Crippen molar-refractivity contribution in [2.45, 2.75) is 64.5 Å². The summed E-state index contributed by atoms with van der Waals surface area (Å²) in [4.78, 5) is 7.45. The van der Waals surface area contributed by atoms with Gasteiger partial charge in [0.05, 0.1) is 12.6 Å². The number of nitrogens with one attached hydrogen (secondary N) is 1. The highest BCUT2D eigenvalue weighted by molar-refractivity contribution is 5.80. The van der Waals surface area contributed by atoms with Gasteiger partial charge in [-0.05, 0) is 50.0 Å². The van der Waals surface area contributed by atoms with Gasteiger partial charge in [-0.15, -0.1) is 10.2 Å². The molecular weight excluding hydrogens is 400 g/mol. The van der Waals surface area contributed by atoms with Crippen molar-refractivity contribution in [1.29, 1.82) is 0 Å². The van der Waals surface area contributed by atoms with Gasteiger partial charge in [0.25, 0.3) is 0 Å². The Bertz CT molecular complexity index is 822. The summed E-state index contributed by atoms with van der Waals surface area (Å²) in [5.41, 5.74) is 1.45. The van der Waals surface area contributed by atoms with E-state index < -0.39 is 0 Å². The first kappa shape index (κ1) is 22.8. The molecule has 0 bridgehead atoms. The quantitative estimate of drug-likeness (QED) is 0.506. The zero-order chi connectivity index (χ0) is 22.0. The molecule has 0 amide bonds. The van der Waals surface area contributed by atoms with Gasteiger partial charge in [0, 0.05) is 39.2 Å². The normalized spacial score (nSPS) is 20.5. The number of hydrogen-bond acceptors (Lipinski definition) is 4. The van der Waals surface area contributed by atoms with Crippen LogP contribution in [0.2, 0.25) is 0 Å². The van der Waals surface area contributed by atoms with Crippen LogP contribution in [-0.2, 0) is 24.1 Å². The monoisotopic (exact) mass is 438 g/mol. The second-order valence-corrected chi connectivity index (χ2v) is 8.99. The van der Waals surface area contributed by atoms with E-state index in [1.165, 1.54) is 37.7 Å². The summed E-state index contributed by atoms with van der Waals surface area (Å²) < 4.78 is 8.04. The number of nitrogens with zero attached hydrogens (tertiary/aromatic N) is 5. The SMILES string of the molecule is CCc1nncn1CCNC(=NCC1CCCCO1)N1CCC(Cc2ccccc2)CC1. The van der Waals surface area contributed by atoms with E-state index in [9.17, 15) is 0 Å². The average molecular weight is 439 g/mol. The maximum atomic E-state index is 5.92. The van der Waals surface area contributed by atoms with Gasteiger partial charge in [0.15, 0.2) is 5.96 Å². The van der Waals surface area contributed by atoms with Crippen molar-refractivity contribution in [1.82, 2.24) is 25.0 Å².